The minimum absolute atomic E-state index is 0.149. The van der Waals surface area contributed by atoms with Crippen molar-refractivity contribution in [1.29, 1.82) is 0 Å². The number of halogens is 2. The zero-order chi connectivity index (χ0) is 24.8. The molecule has 0 bridgehead atoms. The first-order valence-electron chi connectivity index (χ1n) is 11.5. The van der Waals surface area contributed by atoms with E-state index in [0.717, 1.165) is 35.1 Å². The predicted molar refractivity (Wildman–Crippen MR) is 140 cm³/mol. The van der Waals surface area contributed by atoms with Crippen molar-refractivity contribution in [3.63, 3.8) is 0 Å². The van der Waals surface area contributed by atoms with Crippen LogP contribution in [0.5, 0.6) is 11.5 Å². The van der Waals surface area contributed by atoms with Crippen molar-refractivity contribution in [3.8, 4) is 11.5 Å². The summed E-state index contributed by atoms with van der Waals surface area (Å²) < 4.78 is 13.3. The lowest BCUT2D eigenvalue weighted by Gasteiger charge is -2.25. The third kappa shape index (κ3) is 6.63. The van der Waals surface area contributed by atoms with E-state index in [9.17, 15) is 4.79 Å². The maximum Gasteiger partial charge on any atom is 0.234 e. The van der Waals surface area contributed by atoms with E-state index in [1.807, 2.05) is 25.1 Å². The van der Waals surface area contributed by atoms with E-state index < -0.39 is 0 Å². The molecule has 1 N–H and O–H groups in total. The fraction of sp³-hybridized carbons (Fsp3) is 0.400. The SMILES string of the molecule is COc1ccc(NC(=O)CSc2nnc(COc3ccc(Cl)c(C)c3)n2C2CCCCC2)cc1Cl. The Morgan fingerprint density at radius 3 is 2.63 bits per heavy atom. The molecule has 10 heteroatoms. The molecule has 1 aliphatic rings. The monoisotopic (exact) mass is 534 g/mol. The van der Waals surface area contributed by atoms with Gasteiger partial charge in [-0.1, -0.05) is 54.2 Å². The van der Waals surface area contributed by atoms with E-state index in [4.69, 9.17) is 32.7 Å². The molecule has 1 aliphatic carbocycles. The largest absolute Gasteiger partial charge is 0.495 e. The first kappa shape index (κ1) is 25.7. The lowest BCUT2D eigenvalue weighted by molar-refractivity contribution is -0.113. The second kappa shape index (κ2) is 12.0. The van der Waals surface area contributed by atoms with Crippen LogP contribution in [0.1, 0.15) is 49.5 Å². The van der Waals surface area contributed by atoms with E-state index in [1.165, 1.54) is 31.0 Å². The number of carbonyl (C=O) groups excluding carboxylic acids is 1. The van der Waals surface area contributed by atoms with Gasteiger partial charge in [0.25, 0.3) is 0 Å². The first-order valence-corrected chi connectivity index (χ1v) is 13.3. The number of amides is 1. The summed E-state index contributed by atoms with van der Waals surface area (Å²) >= 11 is 13.7. The Kier molecular flexibility index (Phi) is 8.81. The molecule has 2 aromatic carbocycles. The Morgan fingerprint density at radius 1 is 1.11 bits per heavy atom. The Morgan fingerprint density at radius 2 is 1.91 bits per heavy atom. The fourth-order valence-electron chi connectivity index (χ4n) is 4.14. The summed E-state index contributed by atoms with van der Waals surface area (Å²) in [7, 11) is 1.55. The maximum absolute atomic E-state index is 12.6. The molecule has 186 valence electrons. The maximum atomic E-state index is 12.6. The summed E-state index contributed by atoms with van der Waals surface area (Å²) in [6, 6.07) is 11.0. The standard InChI is InChI=1S/C25H28Cl2N4O3S/c1-16-12-19(9-10-20(16)26)34-14-23-29-30-25(31(23)18-6-4-3-5-7-18)35-15-24(32)28-17-8-11-22(33-2)21(27)13-17/h8-13,18H,3-7,14-15H2,1-2H3,(H,28,32). The molecule has 3 aromatic rings. The zero-order valence-corrected chi connectivity index (χ0v) is 22.1. The van der Waals surface area contributed by atoms with Crippen LogP contribution in [0.15, 0.2) is 41.6 Å². The fourth-order valence-corrected chi connectivity index (χ4v) is 5.34. The van der Waals surface area contributed by atoms with E-state index in [2.05, 4.69) is 20.1 Å². The van der Waals surface area contributed by atoms with Crippen molar-refractivity contribution >= 4 is 46.6 Å². The van der Waals surface area contributed by atoms with Crippen LogP contribution in [-0.2, 0) is 11.4 Å². The molecule has 1 saturated carbocycles. The number of hydrogen-bond acceptors (Lipinski definition) is 6. The number of benzene rings is 2. The van der Waals surface area contributed by atoms with Gasteiger partial charge in [0.15, 0.2) is 11.0 Å². The predicted octanol–water partition coefficient (Wildman–Crippen LogP) is 6.72. The van der Waals surface area contributed by atoms with Crippen molar-refractivity contribution in [2.24, 2.45) is 0 Å². The Bertz CT molecular complexity index is 1180. The lowest BCUT2D eigenvalue weighted by atomic mass is 9.95. The molecule has 0 atom stereocenters. The summed E-state index contributed by atoms with van der Waals surface area (Å²) in [5, 5.41) is 13.6. The topological polar surface area (TPSA) is 78.3 Å². The summed E-state index contributed by atoms with van der Waals surface area (Å²) in [5.74, 6) is 2.10. The summed E-state index contributed by atoms with van der Waals surface area (Å²) in [6.07, 6.45) is 5.71. The molecule has 4 rings (SSSR count). The molecule has 0 unspecified atom stereocenters. The average molecular weight is 535 g/mol. The molecule has 0 radical (unpaired) electrons. The number of aromatic nitrogens is 3. The van der Waals surface area contributed by atoms with Crippen LogP contribution >= 0.6 is 35.0 Å². The summed E-state index contributed by atoms with van der Waals surface area (Å²) in [6.45, 7) is 2.24. The van der Waals surface area contributed by atoms with E-state index in [0.29, 0.717) is 34.1 Å². The van der Waals surface area contributed by atoms with Crippen LogP contribution in [0, 0.1) is 6.92 Å². The van der Waals surface area contributed by atoms with E-state index in [-0.39, 0.29) is 11.7 Å². The number of methoxy groups -OCH3 is 1. The molecule has 1 aromatic heterocycles. The van der Waals surface area contributed by atoms with E-state index in [1.54, 1.807) is 25.3 Å². The van der Waals surface area contributed by atoms with E-state index >= 15 is 0 Å². The van der Waals surface area contributed by atoms with Crippen molar-refractivity contribution in [3.05, 3.63) is 57.8 Å². The molecular weight excluding hydrogens is 507 g/mol. The van der Waals surface area contributed by atoms with Gasteiger partial charge in [0.05, 0.1) is 17.9 Å². The molecule has 0 aliphatic heterocycles. The minimum atomic E-state index is -0.149. The Hall–Kier alpha value is -2.42. The van der Waals surface area contributed by atoms with Gasteiger partial charge < -0.3 is 14.8 Å². The van der Waals surface area contributed by atoms with Crippen LogP contribution in [-0.4, -0.2) is 33.5 Å². The van der Waals surface area contributed by atoms with Crippen LogP contribution in [0.25, 0.3) is 0 Å². The molecule has 7 nitrogen and oxygen atoms in total. The molecule has 1 heterocycles. The molecule has 1 fully saturated rings. The van der Waals surface area contributed by atoms with Crippen molar-refractivity contribution in [2.75, 3.05) is 18.2 Å². The van der Waals surface area contributed by atoms with Crippen molar-refractivity contribution in [1.82, 2.24) is 14.8 Å². The van der Waals surface area contributed by atoms with Gasteiger partial charge in [0.1, 0.15) is 18.1 Å². The van der Waals surface area contributed by atoms with Crippen LogP contribution < -0.4 is 14.8 Å². The van der Waals surface area contributed by atoms with Crippen LogP contribution in [0.2, 0.25) is 10.0 Å². The highest BCUT2D eigenvalue weighted by Gasteiger charge is 2.24. The molecule has 35 heavy (non-hydrogen) atoms. The summed E-state index contributed by atoms with van der Waals surface area (Å²) in [4.78, 5) is 12.6. The summed E-state index contributed by atoms with van der Waals surface area (Å²) in [5.41, 5.74) is 1.57. The van der Waals surface area contributed by atoms with Gasteiger partial charge in [-0.2, -0.15) is 0 Å². The van der Waals surface area contributed by atoms with Gasteiger partial charge >= 0.3 is 0 Å². The van der Waals surface area contributed by atoms with Gasteiger partial charge in [0.2, 0.25) is 5.91 Å². The second-order valence-corrected chi connectivity index (χ2v) is 10.2. The van der Waals surface area contributed by atoms with Gasteiger partial charge in [0, 0.05) is 16.8 Å². The number of ether oxygens (including phenoxy) is 2. The third-order valence-corrected chi connectivity index (χ3v) is 7.60. The normalized spacial score (nSPS) is 14.1. The number of carbonyl (C=O) groups is 1. The first-order chi connectivity index (χ1) is 16.9. The Labute approximate surface area is 219 Å². The zero-order valence-electron chi connectivity index (χ0n) is 19.7. The average Bonchev–Trinajstić information content (AvgIpc) is 3.27. The van der Waals surface area contributed by atoms with Crippen LogP contribution in [0.3, 0.4) is 0 Å². The number of anilines is 1. The highest BCUT2D eigenvalue weighted by molar-refractivity contribution is 7.99. The van der Waals surface area contributed by atoms with Gasteiger partial charge in [-0.25, -0.2) is 0 Å². The van der Waals surface area contributed by atoms with Crippen molar-refractivity contribution < 1.29 is 14.3 Å². The number of nitrogens with zero attached hydrogens (tertiary/aromatic N) is 3. The molecule has 0 saturated heterocycles. The second-order valence-electron chi connectivity index (χ2n) is 8.45. The smallest absolute Gasteiger partial charge is 0.234 e. The molecular formula is C25H28Cl2N4O3S. The number of aryl methyl sites for hydroxylation is 1. The number of hydrogen-bond donors (Lipinski definition) is 1. The molecule has 1 amide bonds. The van der Waals surface area contributed by atoms with Gasteiger partial charge in [-0.3, -0.25) is 9.36 Å². The number of thioether (sulfide) groups is 1. The quantitative estimate of drug-likeness (QED) is 0.307. The van der Waals surface area contributed by atoms with Crippen molar-refractivity contribution in [2.45, 2.75) is 56.8 Å². The highest BCUT2D eigenvalue weighted by atomic mass is 35.5. The minimum Gasteiger partial charge on any atom is -0.495 e. The Balaban J connectivity index is 1.44. The highest BCUT2D eigenvalue weighted by Crippen LogP contribution is 2.33. The third-order valence-electron chi connectivity index (χ3n) is 5.94. The number of rotatable bonds is 9. The lowest BCUT2D eigenvalue weighted by Crippen LogP contribution is -2.19. The van der Waals surface area contributed by atoms with Gasteiger partial charge in [-0.05, 0) is 61.7 Å². The number of nitrogens with one attached hydrogen (secondary N) is 1. The van der Waals surface area contributed by atoms with Gasteiger partial charge in [-0.15, -0.1) is 10.2 Å². The molecule has 0 spiro atoms. The van der Waals surface area contributed by atoms with Crippen LogP contribution in [0.4, 0.5) is 5.69 Å².